The molecule has 1 aromatic rings. The molecule has 0 spiro atoms. The van der Waals surface area contributed by atoms with Crippen molar-refractivity contribution in [3.05, 3.63) is 21.5 Å². The Balaban J connectivity index is 2.91. The molecule has 3 N–H and O–H groups in total. The first-order valence-corrected chi connectivity index (χ1v) is 5.72. The van der Waals surface area contributed by atoms with Crippen LogP contribution in [0.4, 0.5) is 0 Å². The van der Waals surface area contributed by atoms with E-state index in [1.165, 1.54) is 26.1 Å². The standard InChI is InChI=1S/C10H11IN2O4/c1-10(2,9(16)17)13-8(15)5-3-6(14)7(11)12-4-5/h3-4,14H,1-2H3,(H,13,15)(H,16,17). The summed E-state index contributed by atoms with van der Waals surface area (Å²) in [6, 6.07) is 1.24. The molecule has 0 radical (unpaired) electrons. The Morgan fingerprint density at radius 1 is 1.47 bits per heavy atom. The van der Waals surface area contributed by atoms with Gasteiger partial charge in [-0.2, -0.15) is 0 Å². The van der Waals surface area contributed by atoms with Gasteiger partial charge in [-0.05, 0) is 42.5 Å². The maximum absolute atomic E-state index is 11.7. The molecule has 7 heteroatoms. The molecule has 0 aliphatic rings. The van der Waals surface area contributed by atoms with Gasteiger partial charge in [-0.15, -0.1) is 0 Å². The van der Waals surface area contributed by atoms with E-state index >= 15 is 0 Å². The SMILES string of the molecule is CC(C)(NC(=O)c1cnc(I)c(O)c1)C(=O)O. The molecule has 0 aliphatic heterocycles. The zero-order valence-electron chi connectivity index (χ0n) is 9.19. The Morgan fingerprint density at radius 2 is 2.06 bits per heavy atom. The van der Waals surface area contributed by atoms with Crippen molar-refractivity contribution in [2.45, 2.75) is 19.4 Å². The van der Waals surface area contributed by atoms with Crippen LogP contribution in [-0.2, 0) is 4.79 Å². The van der Waals surface area contributed by atoms with Crippen LogP contribution in [0.25, 0.3) is 0 Å². The van der Waals surface area contributed by atoms with Crippen LogP contribution in [0.15, 0.2) is 12.3 Å². The van der Waals surface area contributed by atoms with E-state index in [4.69, 9.17) is 5.11 Å². The van der Waals surface area contributed by atoms with Crippen LogP contribution in [0.3, 0.4) is 0 Å². The number of pyridine rings is 1. The third-order valence-corrected chi connectivity index (χ3v) is 2.87. The van der Waals surface area contributed by atoms with Gasteiger partial charge in [0, 0.05) is 6.20 Å². The number of carboxylic acid groups (broad SMARTS) is 1. The van der Waals surface area contributed by atoms with E-state index in [1.54, 1.807) is 0 Å². The number of aromatic hydroxyl groups is 1. The molecule has 92 valence electrons. The second-order valence-corrected chi connectivity index (χ2v) is 4.94. The molecule has 0 aromatic carbocycles. The number of hydrogen-bond donors (Lipinski definition) is 3. The summed E-state index contributed by atoms with van der Waals surface area (Å²) in [7, 11) is 0. The van der Waals surface area contributed by atoms with Crippen LogP contribution in [0.1, 0.15) is 24.2 Å². The molecule has 1 amide bonds. The molecule has 0 unspecified atom stereocenters. The number of carbonyl (C=O) groups excluding carboxylic acids is 1. The van der Waals surface area contributed by atoms with Crippen LogP contribution in [-0.4, -0.2) is 32.6 Å². The van der Waals surface area contributed by atoms with Gasteiger partial charge in [0.05, 0.1) is 5.56 Å². The van der Waals surface area contributed by atoms with E-state index < -0.39 is 17.4 Å². The highest BCUT2D eigenvalue weighted by molar-refractivity contribution is 14.1. The van der Waals surface area contributed by atoms with E-state index in [9.17, 15) is 14.7 Å². The third kappa shape index (κ3) is 3.29. The van der Waals surface area contributed by atoms with Gasteiger partial charge in [0.2, 0.25) is 0 Å². The molecule has 0 atom stereocenters. The molecule has 0 saturated heterocycles. The molecule has 1 rings (SSSR count). The molecule has 1 heterocycles. The molecular formula is C10H11IN2O4. The highest BCUT2D eigenvalue weighted by atomic mass is 127. The highest BCUT2D eigenvalue weighted by Crippen LogP contribution is 2.18. The van der Waals surface area contributed by atoms with Crippen molar-refractivity contribution in [3.8, 4) is 5.75 Å². The second kappa shape index (κ2) is 4.86. The zero-order chi connectivity index (χ0) is 13.2. The van der Waals surface area contributed by atoms with Crippen LogP contribution >= 0.6 is 22.6 Å². The molecule has 17 heavy (non-hydrogen) atoms. The van der Waals surface area contributed by atoms with Crippen molar-refractivity contribution in [1.82, 2.24) is 10.3 Å². The summed E-state index contributed by atoms with van der Waals surface area (Å²) < 4.78 is 0.372. The molecule has 0 aliphatic carbocycles. The van der Waals surface area contributed by atoms with E-state index in [0.29, 0.717) is 3.70 Å². The van der Waals surface area contributed by atoms with Crippen molar-refractivity contribution >= 4 is 34.5 Å². The molecular weight excluding hydrogens is 339 g/mol. The number of aliphatic carboxylic acids is 1. The largest absolute Gasteiger partial charge is 0.505 e. The quantitative estimate of drug-likeness (QED) is 0.558. The number of hydrogen-bond acceptors (Lipinski definition) is 4. The minimum Gasteiger partial charge on any atom is -0.505 e. The van der Waals surface area contributed by atoms with Gasteiger partial charge < -0.3 is 15.5 Å². The summed E-state index contributed by atoms with van der Waals surface area (Å²) in [5.41, 5.74) is -1.27. The van der Waals surface area contributed by atoms with Crippen molar-refractivity contribution in [2.75, 3.05) is 0 Å². The fourth-order valence-electron chi connectivity index (χ4n) is 0.970. The van der Waals surface area contributed by atoms with E-state index in [0.717, 1.165) is 0 Å². The summed E-state index contributed by atoms with van der Waals surface area (Å²) in [5.74, 6) is -1.86. The number of amides is 1. The number of carbonyl (C=O) groups is 2. The maximum Gasteiger partial charge on any atom is 0.328 e. The molecule has 6 nitrogen and oxygen atoms in total. The normalized spacial score (nSPS) is 11.0. The lowest BCUT2D eigenvalue weighted by Crippen LogP contribution is -2.49. The topological polar surface area (TPSA) is 99.5 Å². The first kappa shape index (κ1) is 13.7. The lowest BCUT2D eigenvalue weighted by Gasteiger charge is -2.20. The van der Waals surface area contributed by atoms with Gasteiger partial charge in [-0.1, -0.05) is 0 Å². The van der Waals surface area contributed by atoms with Crippen molar-refractivity contribution in [3.63, 3.8) is 0 Å². The number of nitrogens with zero attached hydrogens (tertiary/aromatic N) is 1. The molecule has 0 saturated carbocycles. The lowest BCUT2D eigenvalue weighted by molar-refractivity contribution is -0.143. The van der Waals surface area contributed by atoms with Crippen LogP contribution < -0.4 is 5.32 Å². The predicted octanol–water partition coefficient (Wildman–Crippen LogP) is 0.985. The highest BCUT2D eigenvalue weighted by Gasteiger charge is 2.29. The second-order valence-electron chi connectivity index (χ2n) is 3.92. The van der Waals surface area contributed by atoms with E-state index in [2.05, 4.69) is 10.3 Å². The first-order valence-electron chi connectivity index (χ1n) is 4.64. The minimum absolute atomic E-state index is 0.109. The minimum atomic E-state index is -1.38. The van der Waals surface area contributed by atoms with Crippen molar-refractivity contribution < 1.29 is 19.8 Å². The summed E-state index contributed by atoms with van der Waals surface area (Å²) in [6.45, 7) is 2.74. The van der Waals surface area contributed by atoms with Crippen molar-refractivity contribution in [1.29, 1.82) is 0 Å². The predicted molar refractivity (Wildman–Crippen MR) is 67.8 cm³/mol. The van der Waals surface area contributed by atoms with Gasteiger partial charge in [0.1, 0.15) is 15.0 Å². The summed E-state index contributed by atoms with van der Waals surface area (Å²) in [5, 5.41) is 20.6. The average Bonchev–Trinajstić information content (AvgIpc) is 2.21. The number of halogens is 1. The van der Waals surface area contributed by atoms with Crippen molar-refractivity contribution in [2.24, 2.45) is 0 Å². The fourth-order valence-corrected chi connectivity index (χ4v) is 1.27. The number of rotatable bonds is 3. The summed E-state index contributed by atoms with van der Waals surface area (Å²) in [4.78, 5) is 26.3. The lowest BCUT2D eigenvalue weighted by atomic mass is 10.1. The smallest absolute Gasteiger partial charge is 0.328 e. The van der Waals surface area contributed by atoms with Crippen LogP contribution in [0.5, 0.6) is 5.75 Å². The number of aromatic nitrogens is 1. The first-order chi connectivity index (χ1) is 7.74. The Bertz CT molecular complexity index is 473. The van der Waals surface area contributed by atoms with Gasteiger partial charge >= 0.3 is 5.97 Å². The van der Waals surface area contributed by atoms with Gasteiger partial charge in [0.25, 0.3) is 5.91 Å². The Hall–Kier alpha value is -1.38. The maximum atomic E-state index is 11.7. The Labute approximate surface area is 111 Å². The monoisotopic (exact) mass is 350 g/mol. The summed E-state index contributed by atoms with van der Waals surface area (Å²) in [6.07, 6.45) is 1.27. The van der Waals surface area contributed by atoms with Crippen LogP contribution in [0.2, 0.25) is 0 Å². The summed E-state index contributed by atoms with van der Waals surface area (Å²) >= 11 is 1.82. The van der Waals surface area contributed by atoms with Gasteiger partial charge in [-0.3, -0.25) is 4.79 Å². The van der Waals surface area contributed by atoms with E-state index in [1.807, 2.05) is 22.6 Å². The average molecular weight is 350 g/mol. The zero-order valence-corrected chi connectivity index (χ0v) is 11.3. The third-order valence-electron chi connectivity index (χ3n) is 2.04. The number of carboxylic acids is 1. The van der Waals surface area contributed by atoms with E-state index in [-0.39, 0.29) is 11.3 Å². The van der Waals surface area contributed by atoms with Crippen LogP contribution in [0, 0.1) is 3.70 Å². The molecule has 0 fully saturated rings. The molecule has 0 bridgehead atoms. The molecule has 1 aromatic heterocycles. The van der Waals surface area contributed by atoms with Gasteiger partial charge in [-0.25, -0.2) is 9.78 Å². The van der Waals surface area contributed by atoms with Gasteiger partial charge in [0.15, 0.2) is 0 Å². The number of nitrogens with one attached hydrogen (secondary N) is 1. The fraction of sp³-hybridized carbons (Fsp3) is 0.300. The Kier molecular flexibility index (Phi) is 3.91. The Morgan fingerprint density at radius 3 is 2.53 bits per heavy atom.